The molecule has 2 aromatic carbocycles. The van der Waals surface area contributed by atoms with Crippen LogP contribution >= 0.6 is 34.2 Å². The number of carbonyl (C=O) groups is 1. The zero-order chi connectivity index (χ0) is 22.3. The smallest absolute Gasteiger partial charge is 0.335 e. The molecular weight excluding hydrogens is 535 g/mol. The zero-order valence-corrected chi connectivity index (χ0v) is 18.9. The number of aromatic nitrogens is 2. The molecule has 2 N–H and O–H groups in total. The zero-order valence-electron chi connectivity index (χ0n) is 16.0. The van der Waals surface area contributed by atoms with Crippen LogP contribution in [0.4, 0.5) is 5.69 Å². The molecule has 0 unspecified atom stereocenters. The Balaban J connectivity index is 1.82. The van der Waals surface area contributed by atoms with Crippen LogP contribution in [-0.4, -0.2) is 26.3 Å². The first-order valence-electron chi connectivity index (χ1n) is 8.98. The number of halogens is 2. The number of hydrazone groups is 1. The first-order chi connectivity index (χ1) is 14.8. The van der Waals surface area contributed by atoms with Crippen LogP contribution in [0.5, 0.6) is 5.88 Å². The van der Waals surface area contributed by atoms with Crippen LogP contribution < -0.4 is 16.3 Å². The Labute approximate surface area is 194 Å². The van der Waals surface area contributed by atoms with E-state index in [0.717, 1.165) is 8.14 Å². The number of hydrogen-bond donors (Lipinski definition) is 2. The summed E-state index contributed by atoms with van der Waals surface area (Å²) < 4.78 is 1.91. The summed E-state index contributed by atoms with van der Waals surface area (Å²) in [5.41, 5.74) is -0.609. The van der Waals surface area contributed by atoms with E-state index in [1.165, 1.54) is 17.2 Å². The summed E-state index contributed by atoms with van der Waals surface area (Å²) in [6.45, 7) is 1.62. The monoisotopic (exact) mass is 548 g/mol. The molecule has 1 aromatic heterocycles. The molecule has 1 aliphatic rings. The maximum atomic E-state index is 13.0. The highest BCUT2D eigenvalue weighted by molar-refractivity contribution is 14.1. The molecule has 4 rings (SSSR count). The van der Waals surface area contributed by atoms with Crippen LogP contribution in [-0.2, 0) is 4.79 Å². The van der Waals surface area contributed by atoms with Crippen molar-refractivity contribution in [3.05, 3.63) is 89.1 Å². The number of benzene rings is 2. The molecule has 0 spiro atoms. The molecule has 2 heterocycles. The lowest BCUT2D eigenvalue weighted by atomic mass is 10.1. The Morgan fingerprint density at radius 3 is 2.48 bits per heavy atom. The van der Waals surface area contributed by atoms with Crippen LogP contribution in [0.1, 0.15) is 12.5 Å². The molecule has 8 nitrogen and oxygen atoms in total. The predicted molar refractivity (Wildman–Crippen MR) is 127 cm³/mol. The second-order valence-electron chi connectivity index (χ2n) is 6.65. The highest BCUT2D eigenvalue weighted by Crippen LogP contribution is 2.27. The van der Waals surface area contributed by atoms with E-state index in [4.69, 9.17) is 11.6 Å². The summed E-state index contributed by atoms with van der Waals surface area (Å²) in [5, 5.41) is 16.6. The van der Waals surface area contributed by atoms with Gasteiger partial charge < -0.3 is 5.11 Å². The van der Waals surface area contributed by atoms with E-state index in [-0.39, 0.29) is 16.8 Å². The normalized spacial score (nSPS) is 14.9. The van der Waals surface area contributed by atoms with Gasteiger partial charge in [-0.05, 0) is 78.1 Å². The van der Waals surface area contributed by atoms with Crippen LogP contribution in [0.3, 0.4) is 0 Å². The van der Waals surface area contributed by atoms with Gasteiger partial charge in [0.2, 0.25) is 5.88 Å². The van der Waals surface area contributed by atoms with Gasteiger partial charge in [0, 0.05) is 8.59 Å². The van der Waals surface area contributed by atoms with Gasteiger partial charge in [-0.25, -0.2) is 9.36 Å². The van der Waals surface area contributed by atoms with E-state index in [9.17, 15) is 19.5 Å². The minimum absolute atomic E-state index is 0.121. The molecule has 3 aromatic rings. The molecule has 0 fully saturated rings. The number of hydrogen-bond acceptors (Lipinski definition) is 5. The highest BCUT2D eigenvalue weighted by atomic mass is 127. The lowest BCUT2D eigenvalue weighted by Crippen LogP contribution is -2.30. The summed E-state index contributed by atoms with van der Waals surface area (Å²) in [5.74, 6) is -1.07. The Morgan fingerprint density at radius 1 is 1.10 bits per heavy atom. The summed E-state index contributed by atoms with van der Waals surface area (Å²) in [6.07, 6.45) is 1.22. The summed E-state index contributed by atoms with van der Waals surface area (Å²) in [7, 11) is 0. The van der Waals surface area contributed by atoms with E-state index in [0.29, 0.717) is 16.4 Å². The number of aromatic hydroxyl groups is 1. The third-order valence-electron chi connectivity index (χ3n) is 4.61. The lowest BCUT2D eigenvalue weighted by molar-refractivity contribution is -0.114. The van der Waals surface area contributed by atoms with Crippen LogP contribution in [0.2, 0.25) is 5.02 Å². The number of aromatic amines is 1. The number of nitrogens with zero attached hydrogens (tertiary/aromatic N) is 3. The summed E-state index contributed by atoms with van der Waals surface area (Å²) in [4.78, 5) is 39.9. The van der Waals surface area contributed by atoms with Crippen molar-refractivity contribution in [1.29, 1.82) is 0 Å². The molecular formula is C21H14ClIN4O4. The molecule has 0 radical (unpaired) electrons. The molecule has 31 heavy (non-hydrogen) atoms. The molecule has 0 saturated carbocycles. The second kappa shape index (κ2) is 8.16. The van der Waals surface area contributed by atoms with Crippen molar-refractivity contribution >= 4 is 57.6 Å². The average Bonchev–Trinajstić information content (AvgIpc) is 2.99. The van der Waals surface area contributed by atoms with Gasteiger partial charge in [0.1, 0.15) is 5.56 Å². The molecule has 156 valence electrons. The second-order valence-corrected chi connectivity index (χ2v) is 8.33. The van der Waals surface area contributed by atoms with Crippen molar-refractivity contribution in [1.82, 2.24) is 9.55 Å². The van der Waals surface area contributed by atoms with Gasteiger partial charge in [0.05, 0.1) is 22.7 Å². The summed E-state index contributed by atoms with van der Waals surface area (Å²) in [6, 6.07) is 13.4. The van der Waals surface area contributed by atoms with Crippen LogP contribution in [0, 0.1) is 3.57 Å². The van der Waals surface area contributed by atoms with Gasteiger partial charge in [0.25, 0.3) is 11.5 Å². The third-order valence-corrected chi connectivity index (χ3v) is 5.56. The SMILES string of the molecule is CC1=NN(c2ccc(I)cc2)C(=O)/C1=C\c1c(O)n(-c2cccc(Cl)c2)c(=O)[nH]c1=O. The number of anilines is 1. The molecule has 1 aliphatic heterocycles. The Hall–Kier alpha value is -3.18. The van der Waals surface area contributed by atoms with E-state index in [1.54, 1.807) is 37.3 Å². The standard InChI is InChI=1S/C21H14ClIN4O4/c1-11-16(20(30)27(25-11)14-7-5-13(23)6-8-14)10-17-18(28)24-21(31)26(19(17)29)15-4-2-3-12(22)9-15/h2-10,29H,1H3,(H,24,28,31)/b16-10-. The van der Waals surface area contributed by atoms with E-state index < -0.39 is 23.0 Å². The number of amides is 1. The maximum absolute atomic E-state index is 13.0. The molecule has 0 saturated heterocycles. The Kier molecular flexibility index (Phi) is 5.54. The molecule has 1 amide bonds. The minimum atomic E-state index is -0.837. The lowest BCUT2D eigenvalue weighted by Gasteiger charge is -2.12. The number of carbonyl (C=O) groups excluding carboxylic acids is 1. The van der Waals surface area contributed by atoms with E-state index in [1.807, 2.05) is 12.1 Å². The van der Waals surface area contributed by atoms with E-state index in [2.05, 4.69) is 32.7 Å². The fourth-order valence-electron chi connectivity index (χ4n) is 3.11. The fraction of sp³-hybridized carbons (Fsp3) is 0.0476. The largest absolute Gasteiger partial charge is 0.494 e. The topological polar surface area (TPSA) is 108 Å². The molecule has 0 atom stereocenters. The van der Waals surface area contributed by atoms with Crippen LogP contribution in [0.25, 0.3) is 11.8 Å². The van der Waals surface area contributed by atoms with Gasteiger partial charge in [-0.15, -0.1) is 0 Å². The van der Waals surface area contributed by atoms with Crippen molar-refractivity contribution in [2.75, 3.05) is 5.01 Å². The highest BCUT2D eigenvalue weighted by Gasteiger charge is 2.29. The third kappa shape index (κ3) is 3.93. The molecule has 10 heteroatoms. The van der Waals surface area contributed by atoms with Crippen molar-refractivity contribution in [2.24, 2.45) is 5.10 Å². The maximum Gasteiger partial charge on any atom is 0.335 e. The number of rotatable bonds is 3. The number of H-pyrrole nitrogens is 1. The van der Waals surface area contributed by atoms with Crippen molar-refractivity contribution < 1.29 is 9.90 Å². The average molecular weight is 549 g/mol. The number of nitrogens with one attached hydrogen (secondary N) is 1. The van der Waals surface area contributed by atoms with Crippen LogP contribution in [0.15, 0.2) is 68.8 Å². The van der Waals surface area contributed by atoms with Crippen molar-refractivity contribution in [3.63, 3.8) is 0 Å². The van der Waals surface area contributed by atoms with Gasteiger partial charge >= 0.3 is 5.69 Å². The fourth-order valence-corrected chi connectivity index (χ4v) is 3.65. The van der Waals surface area contributed by atoms with Gasteiger partial charge in [-0.1, -0.05) is 17.7 Å². The summed E-state index contributed by atoms with van der Waals surface area (Å²) >= 11 is 8.14. The van der Waals surface area contributed by atoms with E-state index >= 15 is 0 Å². The molecule has 0 aliphatic carbocycles. The first kappa shape index (κ1) is 21.1. The van der Waals surface area contributed by atoms with Gasteiger partial charge in [-0.3, -0.25) is 14.6 Å². The quantitative estimate of drug-likeness (QED) is 0.387. The Bertz CT molecular complexity index is 1390. The molecule has 0 bridgehead atoms. The van der Waals surface area contributed by atoms with Crippen molar-refractivity contribution in [2.45, 2.75) is 6.92 Å². The van der Waals surface area contributed by atoms with Crippen molar-refractivity contribution in [3.8, 4) is 11.6 Å². The Morgan fingerprint density at radius 2 is 1.81 bits per heavy atom. The van der Waals surface area contributed by atoms with Gasteiger partial charge in [-0.2, -0.15) is 10.1 Å². The first-order valence-corrected chi connectivity index (χ1v) is 10.4. The van der Waals surface area contributed by atoms with Gasteiger partial charge in [0.15, 0.2) is 0 Å². The predicted octanol–water partition coefficient (Wildman–Crippen LogP) is 3.30. The minimum Gasteiger partial charge on any atom is -0.494 e.